The molecule has 0 aliphatic carbocycles. The van der Waals surface area contributed by atoms with E-state index >= 15 is 0 Å². The van der Waals surface area contributed by atoms with Gasteiger partial charge in [0, 0.05) is 22.8 Å². The standard InChI is InChI=1S/C18H22ClN3/c1-4-10-22(16-7-5-6-15(19)12-16)21-14(3)17-11-13(2)8-9-18(17)20/h5-9,11-12H,4,10,20H2,1-3H3/b21-14+. The van der Waals surface area contributed by atoms with Crippen LogP contribution in [-0.2, 0) is 0 Å². The quantitative estimate of drug-likeness (QED) is 0.486. The van der Waals surface area contributed by atoms with Crippen LogP contribution >= 0.6 is 11.6 Å². The van der Waals surface area contributed by atoms with E-state index in [0.29, 0.717) is 5.02 Å². The second-order valence-corrected chi connectivity index (χ2v) is 5.82. The number of benzene rings is 2. The van der Waals surface area contributed by atoms with Gasteiger partial charge in [0.15, 0.2) is 0 Å². The molecular weight excluding hydrogens is 294 g/mol. The Kier molecular flexibility index (Phi) is 5.45. The Bertz CT molecular complexity index is 680. The Labute approximate surface area is 137 Å². The molecular formula is C18H22ClN3. The molecule has 0 spiro atoms. The fraction of sp³-hybridized carbons (Fsp3) is 0.278. The molecule has 0 bridgehead atoms. The van der Waals surface area contributed by atoms with Gasteiger partial charge in [-0.1, -0.05) is 36.2 Å². The highest BCUT2D eigenvalue weighted by Gasteiger charge is 2.08. The molecule has 0 saturated heterocycles. The minimum Gasteiger partial charge on any atom is -0.398 e. The molecule has 0 aliphatic heterocycles. The van der Waals surface area contributed by atoms with Crippen LogP contribution in [-0.4, -0.2) is 12.3 Å². The number of anilines is 2. The number of nitrogen functional groups attached to an aromatic ring is 1. The van der Waals surface area contributed by atoms with Gasteiger partial charge in [-0.15, -0.1) is 0 Å². The lowest BCUT2D eigenvalue weighted by Crippen LogP contribution is -2.19. The molecule has 0 saturated carbocycles. The fourth-order valence-electron chi connectivity index (χ4n) is 2.30. The van der Waals surface area contributed by atoms with Gasteiger partial charge >= 0.3 is 0 Å². The highest BCUT2D eigenvalue weighted by Crippen LogP contribution is 2.22. The normalized spacial score (nSPS) is 11.5. The van der Waals surface area contributed by atoms with E-state index in [0.717, 1.165) is 35.6 Å². The Hall–Kier alpha value is -2.00. The van der Waals surface area contributed by atoms with Crippen LogP contribution in [0.1, 0.15) is 31.4 Å². The largest absolute Gasteiger partial charge is 0.398 e. The van der Waals surface area contributed by atoms with Crippen molar-refractivity contribution in [3.63, 3.8) is 0 Å². The van der Waals surface area contributed by atoms with Crippen LogP contribution in [0.5, 0.6) is 0 Å². The third-order valence-electron chi connectivity index (χ3n) is 3.41. The summed E-state index contributed by atoms with van der Waals surface area (Å²) in [6, 6.07) is 13.7. The Morgan fingerprint density at radius 2 is 2.00 bits per heavy atom. The Balaban J connectivity index is 2.38. The van der Waals surface area contributed by atoms with Gasteiger partial charge in [-0.05, 0) is 50.6 Å². The molecule has 2 rings (SSSR count). The number of rotatable bonds is 5. The average Bonchev–Trinajstić information content (AvgIpc) is 2.49. The van der Waals surface area contributed by atoms with Gasteiger partial charge < -0.3 is 5.73 Å². The minimum atomic E-state index is 0.710. The van der Waals surface area contributed by atoms with Gasteiger partial charge in [-0.2, -0.15) is 5.10 Å². The second-order valence-electron chi connectivity index (χ2n) is 5.38. The first kappa shape index (κ1) is 16.4. The van der Waals surface area contributed by atoms with E-state index in [9.17, 15) is 0 Å². The predicted molar refractivity (Wildman–Crippen MR) is 96.9 cm³/mol. The number of nitrogens with zero attached hydrogens (tertiary/aromatic N) is 2. The molecule has 116 valence electrons. The molecule has 2 N–H and O–H groups in total. The molecule has 0 unspecified atom stereocenters. The molecule has 0 aliphatic rings. The van der Waals surface area contributed by atoms with Crippen molar-refractivity contribution in [1.29, 1.82) is 0 Å². The Morgan fingerprint density at radius 3 is 2.68 bits per heavy atom. The fourth-order valence-corrected chi connectivity index (χ4v) is 2.49. The summed E-state index contributed by atoms with van der Waals surface area (Å²) in [4.78, 5) is 0. The van der Waals surface area contributed by atoms with E-state index in [1.165, 1.54) is 5.56 Å². The van der Waals surface area contributed by atoms with Crippen molar-refractivity contribution in [2.24, 2.45) is 5.10 Å². The highest BCUT2D eigenvalue weighted by atomic mass is 35.5. The van der Waals surface area contributed by atoms with Crippen LogP contribution in [0.3, 0.4) is 0 Å². The number of hydrogen-bond donors (Lipinski definition) is 1. The third kappa shape index (κ3) is 4.01. The number of aryl methyl sites for hydroxylation is 1. The summed E-state index contributed by atoms with van der Waals surface area (Å²) in [6.07, 6.45) is 0.993. The van der Waals surface area contributed by atoms with Crippen LogP contribution < -0.4 is 10.7 Å². The summed E-state index contributed by atoms with van der Waals surface area (Å²) >= 11 is 6.09. The maximum atomic E-state index is 6.09. The molecule has 0 atom stereocenters. The smallest absolute Gasteiger partial charge is 0.0671 e. The molecule has 0 fully saturated rings. The zero-order valence-electron chi connectivity index (χ0n) is 13.3. The maximum absolute atomic E-state index is 6.09. The Morgan fingerprint density at radius 1 is 1.23 bits per heavy atom. The van der Waals surface area contributed by atoms with Crippen LogP contribution in [0.2, 0.25) is 5.02 Å². The van der Waals surface area contributed by atoms with Gasteiger partial charge in [0.25, 0.3) is 0 Å². The third-order valence-corrected chi connectivity index (χ3v) is 3.65. The molecule has 22 heavy (non-hydrogen) atoms. The van der Waals surface area contributed by atoms with Crippen LogP contribution in [0.15, 0.2) is 47.6 Å². The lowest BCUT2D eigenvalue weighted by Gasteiger charge is -2.20. The van der Waals surface area contributed by atoms with E-state index in [-0.39, 0.29) is 0 Å². The maximum Gasteiger partial charge on any atom is 0.0671 e. The van der Waals surface area contributed by atoms with Gasteiger partial charge in [0.05, 0.1) is 11.4 Å². The van der Waals surface area contributed by atoms with Gasteiger partial charge in [-0.25, -0.2) is 0 Å². The van der Waals surface area contributed by atoms with Crippen molar-refractivity contribution in [1.82, 2.24) is 0 Å². The summed E-state index contributed by atoms with van der Waals surface area (Å²) in [5.74, 6) is 0. The summed E-state index contributed by atoms with van der Waals surface area (Å²) in [5.41, 5.74) is 10.9. The van der Waals surface area contributed by atoms with Crippen LogP contribution in [0.4, 0.5) is 11.4 Å². The van der Waals surface area contributed by atoms with E-state index in [1.807, 2.05) is 48.3 Å². The lowest BCUT2D eigenvalue weighted by molar-refractivity contribution is 0.806. The molecule has 0 aromatic heterocycles. The first-order valence-corrected chi connectivity index (χ1v) is 7.84. The number of halogens is 1. The predicted octanol–water partition coefficient (Wildman–Crippen LogP) is 4.87. The molecule has 0 amide bonds. The van der Waals surface area contributed by atoms with E-state index in [2.05, 4.69) is 19.9 Å². The van der Waals surface area contributed by atoms with Crippen molar-refractivity contribution < 1.29 is 0 Å². The van der Waals surface area contributed by atoms with Gasteiger partial charge in [-0.3, -0.25) is 5.01 Å². The SMILES string of the molecule is CCCN(/N=C(\C)c1cc(C)ccc1N)c1cccc(Cl)c1. The average molecular weight is 316 g/mol. The summed E-state index contributed by atoms with van der Waals surface area (Å²) in [5, 5.41) is 7.45. The van der Waals surface area contributed by atoms with Gasteiger partial charge in [0.1, 0.15) is 0 Å². The zero-order valence-corrected chi connectivity index (χ0v) is 14.1. The molecule has 3 nitrogen and oxygen atoms in total. The monoisotopic (exact) mass is 315 g/mol. The van der Waals surface area contributed by atoms with Crippen molar-refractivity contribution in [2.75, 3.05) is 17.3 Å². The van der Waals surface area contributed by atoms with Crippen LogP contribution in [0.25, 0.3) is 0 Å². The van der Waals surface area contributed by atoms with Crippen molar-refractivity contribution in [3.05, 3.63) is 58.6 Å². The molecule has 2 aromatic carbocycles. The first-order valence-electron chi connectivity index (χ1n) is 7.46. The number of hydrogen-bond acceptors (Lipinski definition) is 3. The second kappa shape index (κ2) is 7.32. The summed E-state index contributed by atoms with van der Waals surface area (Å²) in [6.45, 7) is 6.99. The molecule has 0 radical (unpaired) electrons. The summed E-state index contributed by atoms with van der Waals surface area (Å²) in [7, 11) is 0. The van der Waals surface area contributed by atoms with Crippen LogP contribution in [0, 0.1) is 6.92 Å². The number of hydrazone groups is 1. The van der Waals surface area contributed by atoms with E-state index < -0.39 is 0 Å². The molecule has 2 aromatic rings. The van der Waals surface area contributed by atoms with E-state index in [1.54, 1.807) is 0 Å². The van der Waals surface area contributed by atoms with Crippen molar-refractivity contribution in [2.45, 2.75) is 27.2 Å². The highest BCUT2D eigenvalue weighted by molar-refractivity contribution is 6.30. The zero-order chi connectivity index (χ0) is 16.1. The van der Waals surface area contributed by atoms with Gasteiger partial charge in [0.2, 0.25) is 0 Å². The summed E-state index contributed by atoms with van der Waals surface area (Å²) < 4.78 is 0. The number of nitrogens with two attached hydrogens (primary N) is 1. The molecule has 4 heteroatoms. The minimum absolute atomic E-state index is 0.710. The van der Waals surface area contributed by atoms with Crippen molar-refractivity contribution >= 4 is 28.7 Å². The lowest BCUT2D eigenvalue weighted by atomic mass is 10.1. The topological polar surface area (TPSA) is 41.6 Å². The van der Waals surface area contributed by atoms with Crippen molar-refractivity contribution in [3.8, 4) is 0 Å². The molecule has 0 heterocycles. The first-order chi connectivity index (χ1) is 10.5. The van der Waals surface area contributed by atoms with E-state index in [4.69, 9.17) is 22.4 Å².